The first-order chi connectivity index (χ1) is 13.6. The number of aryl methyl sites for hydroxylation is 1. The lowest BCUT2D eigenvalue weighted by Gasteiger charge is -2.06. The fourth-order valence-electron chi connectivity index (χ4n) is 3.72. The van der Waals surface area contributed by atoms with Crippen LogP contribution in [0.3, 0.4) is 0 Å². The van der Waals surface area contributed by atoms with Gasteiger partial charge in [-0.15, -0.1) is 0 Å². The van der Waals surface area contributed by atoms with Crippen molar-refractivity contribution in [2.45, 2.75) is 51.0 Å². The van der Waals surface area contributed by atoms with Crippen LogP contribution in [0.1, 0.15) is 49.7 Å². The van der Waals surface area contributed by atoms with Gasteiger partial charge in [0.25, 0.3) is 0 Å². The summed E-state index contributed by atoms with van der Waals surface area (Å²) in [5, 5.41) is 16.7. The molecular formula is C20H22N4O4. The standard InChI is InChI=1S/C20H22N4O4/c25-17(7-8-18-22-20(23-28-18)13-3-1-2-4-13)21-15-5-6-16-14(11-15)9-10-24(16)12-19(26)27/h5-6,9-11,13H,1-4,7-8,12H2,(H,21,25)(H,26,27). The first kappa shape index (κ1) is 18.2. The highest BCUT2D eigenvalue weighted by Crippen LogP contribution is 2.32. The van der Waals surface area contributed by atoms with Gasteiger partial charge in [-0.2, -0.15) is 4.98 Å². The number of fused-ring (bicyclic) bond motifs is 1. The molecule has 0 unspecified atom stereocenters. The summed E-state index contributed by atoms with van der Waals surface area (Å²) in [6.07, 6.45) is 7.02. The Morgan fingerprint density at radius 1 is 1.25 bits per heavy atom. The van der Waals surface area contributed by atoms with Gasteiger partial charge in [-0.25, -0.2) is 0 Å². The van der Waals surface area contributed by atoms with Crippen molar-refractivity contribution in [1.82, 2.24) is 14.7 Å². The number of rotatable bonds is 7. The molecule has 0 radical (unpaired) electrons. The van der Waals surface area contributed by atoms with Crippen LogP contribution in [-0.4, -0.2) is 31.7 Å². The van der Waals surface area contributed by atoms with Crippen molar-refractivity contribution in [3.8, 4) is 0 Å². The minimum absolute atomic E-state index is 0.0950. The molecule has 1 fully saturated rings. The zero-order valence-corrected chi connectivity index (χ0v) is 15.4. The summed E-state index contributed by atoms with van der Waals surface area (Å²) in [6, 6.07) is 7.23. The van der Waals surface area contributed by atoms with E-state index >= 15 is 0 Å². The molecule has 2 N–H and O–H groups in total. The van der Waals surface area contributed by atoms with Gasteiger partial charge < -0.3 is 19.5 Å². The van der Waals surface area contributed by atoms with Gasteiger partial charge in [0.1, 0.15) is 6.54 Å². The molecule has 1 aliphatic rings. The number of aromatic nitrogens is 3. The molecule has 146 valence electrons. The van der Waals surface area contributed by atoms with E-state index in [1.165, 1.54) is 12.8 Å². The molecule has 0 atom stereocenters. The third-order valence-electron chi connectivity index (χ3n) is 5.13. The van der Waals surface area contributed by atoms with Crippen molar-refractivity contribution in [2.24, 2.45) is 0 Å². The van der Waals surface area contributed by atoms with E-state index in [1.54, 1.807) is 22.9 Å². The van der Waals surface area contributed by atoms with Crippen molar-refractivity contribution in [1.29, 1.82) is 0 Å². The highest BCUT2D eigenvalue weighted by atomic mass is 16.5. The Balaban J connectivity index is 1.34. The van der Waals surface area contributed by atoms with E-state index in [2.05, 4.69) is 15.5 Å². The van der Waals surface area contributed by atoms with Crippen LogP contribution in [-0.2, 0) is 22.6 Å². The number of amides is 1. The van der Waals surface area contributed by atoms with Crippen LogP contribution in [0, 0.1) is 0 Å². The number of nitrogens with zero attached hydrogens (tertiary/aromatic N) is 3. The molecule has 1 amide bonds. The number of carbonyl (C=O) groups excluding carboxylic acids is 1. The van der Waals surface area contributed by atoms with Crippen molar-refractivity contribution in [2.75, 3.05) is 5.32 Å². The van der Waals surface area contributed by atoms with Gasteiger partial charge in [0, 0.05) is 41.5 Å². The molecule has 4 rings (SSSR count). The number of aliphatic carboxylic acids is 1. The van der Waals surface area contributed by atoms with E-state index in [0.717, 1.165) is 29.6 Å². The van der Waals surface area contributed by atoms with Gasteiger partial charge in [0.15, 0.2) is 5.82 Å². The second-order valence-electron chi connectivity index (χ2n) is 7.19. The monoisotopic (exact) mass is 382 g/mol. The van der Waals surface area contributed by atoms with E-state index in [9.17, 15) is 9.59 Å². The molecule has 1 aliphatic carbocycles. The quantitative estimate of drug-likeness (QED) is 0.648. The second-order valence-corrected chi connectivity index (χ2v) is 7.19. The lowest BCUT2D eigenvalue weighted by molar-refractivity contribution is -0.137. The van der Waals surface area contributed by atoms with E-state index < -0.39 is 5.97 Å². The van der Waals surface area contributed by atoms with E-state index in [0.29, 0.717) is 23.9 Å². The number of anilines is 1. The van der Waals surface area contributed by atoms with Crippen LogP contribution in [0.5, 0.6) is 0 Å². The van der Waals surface area contributed by atoms with Gasteiger partial charge in [-0.05, 0) is 37.1 Å². The zero-order valence-electron chi connectivity index (χ0n) is 15.4. The van der Waals surface area contributed by atoms with Crippen LogP contribution in [0.2, 0.25) is 0 Å². The Kier molecular flexibility index (Phi) is 5.10. The highest BCUT2D eigenvalue weighted by Gasteiger charge is 2.22. The van der Waals surface area contributed by atoms with Crippen molar-refractivity contribution in [3.05, 3.63) is 42.2 Å². The van der Waals surface area contributed by atoms with Crippen molar-refractivity contribution >= 4 is 28.5 Å². The molecule has 1 aromatic carbocycles. The van der Waals surface area contributed by atoms with Gasteiger partial charge in [0.2, 0.25) is 11.8 Å². The summed E-state index contributed by atoms with van der Waals surface area (Å²) in [4.78, 5) is 27.6. The molecule has 0 aliphatic heterocycles. The van der Waals surface area contributed by atoms with Crippen LogP contribution < -0.4 is 5.32 Å². The molecule has 0 bridgehead atoms. The fraction of sp³-hybridized carbons (Fsp3) is 0.400. The summed E-state index contributed by atoms with van der Waals surface area (Å²) in [5.41, 5.74) is 1.48. The minimum atomic E-state index is -0.896. The predicted octanol–water partition coefficient (Wildman–Crippen LogP) is 3.34. The van der Waals surface area contributed by atoms with Crippen molar-refractivity contribution in [3.63, 3.8) is 0 Å². The summed E-state index contributed by atoms with van der Waals surface area (Å²) in [5.74, 6) is 0.630. The van der Waals surface area contributed by atoms with Gasteiger partial charge in [-0.1, -0.05) is 18.0 Å². The fourth-order valence-corrected chi connectivity index (χ4v) is 3.72. The number of carboxylic acid groups (broad SMARTS) is 1. The van der Waals surface area contributed by atoms with Gasteiger partial charge in [0.05, 0.1) is 0 Å². The molecule has 0 spiro atoms. The number of carboxylic acids is 1. The zero-order chi connectivity index (χ0) is 19.5. The highest BCUT2D eigenvalue weighted by molar-refractivity contribution is 5.94. The van der Waals surface area contributed by atoms with E-state index in [-0.39, 0.29) is 18.9 Å². The number of hydrogen-bond acceptors (Lipinski definition) is 5. The molecule has 3 aromatic rings. The Bertz CT molecular complexity index is 1000. The maximum atomic E-state index is 12.3. The number of carbonyl (C=O) groups is 2. The lowest BCUT2D eigenvalue weighted by Crippen LogP contribution is -2.12. The third kappa shape index (κ3) is 4.05. The summed E-state index contributed by atoms with van der Waals surface area (Å²) in [6.45, 7) is -0.0950. The van der Waals surface area contributed by atoms with Crippen LogP contribution in [0.4, 0.5) is 5.69 Å². The van der Waals surface area contributed by atoms with Crippen LogP contribution in [0.25, 0.3) is 10.9 Å². The third-order valence-corrected chi connectivity index (χ3v) is 5.13. The molecule has 28 heavy (non-hydrogen) atoms. The minimum Gasteiger partial charge on any atom is -0.480 e. The molecule has 8 heteroatoms. The van der Waals surface area contributed by atoms with Crippen LogP contribution in [0.15, 0.2) is 35.0 Å². The molecule has 2 aromatic heterocycles. The first-order valence-corrected chi connectivity index (χ1v) is 9.51. The summed E-state index contributed by atoms with van der Waals surface area (Å²) in [7, 11) is 0. The Hall–Kier alpha value is -3.16. The van der Waals surface area contributed by atoms with Crippen LogP contribution >= 0.6 is 0 Å². The average Bonchev–Trinajstić information content (AvgIpc) is 3.40. The molecule has 1 saturated carbocycles. The predicted molar refractivity (Wildman–Crippen MR) is 102 cm³/mol. The Morgan fingerprint density at radius 2 is 2.07 bits per heavy atom. The van der Waals surface area contributed by atoms with E-state index in [1.807, 2.05) is 12.1 Å². The smallest absolute Gasteiger partial charge is 0.323 e. The van der Waals surface area contributed by atoms with Gasteiger partial charge >= 0.3 is 5.97 Å². The number of benzene rings is 1. The Labute approximate surface area is 161 Å². The Morgan fingerprint density at radius 3 is 2.86 bits per heavy atom. The molecular weight excluding hydrogens is 360 g/mol. The first-order valence-electron chi connectivity index (χ1n) is 9.51. The lowest BCUT2D eigenvalue weighted by atomic mass is 10.1. The van der Waals surface area contributed by atoms with E-state index in [4.69, 9.17) is 9.63 Å². The second kappa shape index (κ2) is 7.84. The maximum absolute atomic E-state index is 12.3. The van der Waals surface area contributed by atoms with Crippen molar-refractivity contribution < 1.29 is 19.2 Å². The number of hydrogen-bond donors (Lipinski definition) is 2. The molecule has 2 heterocycles. The summed E-state index contributed by atoms with van der Waals surface area (Å²) >= 11 is 0. The largest absolute Gasteiger partial charge is 0.480 e. The molecule has 8 nitrogen and oxygen atoms in total. The molecule has 0 saturated heterocycles. The SMILES string of the molecule is O=C(O)Cn1ccc2cc(NC(=O)CCc3nc(C4CCCC4)no3)ccc21. The number of nitrogens with one attached hydrogen (secondary N) is 1. The average molecular weight is 382 g/mol. The maximum Gasteiger partial charge on any atom is 0.323 e. The topological polar surface area (TPSA) is 110 Å². The normalized spacial score (nSPS) is 14.6. The summed E-state index contributed by atoms with van der Waals surface area (Å²) < 4.78 is 6.93. The van der Waals surface area contributed by atoms with Gasteiger partial charge in [-0.3, -0.25) is 9.59 Å².